The minimum Gasteiger partial charge on any atom is -0.350 e. The maximum Gasteiger partial charge on any atom is 0.239 e. The molecule has 0 spiro atoms. The van der Waals surface area contributed by atoms with Crippen molar-refractivity contribution in [2.45, 2.75) is 32.2 Å². The molecule has 134 valence electrons. The number of nitrogens with zero attached hydrogens (tertiary/aromatic N) is 1. The Morgan fingerprint density at radius 1 is 1.24 bits per heavy atom. The molecule has 1 aromatic carbocycles. The fourth-order valence-corrected chi connectivity index (χ4v) is 3.95. The number of carbonyl (C=O) groups is 2. The number of likely N-dealkylation sites (N-methyl/N-ethyl adjacent to an activating group) is 1. The summed E-state index contributed by atoms with van der Waals surface area (Å²) in [5, 5.41) is 4.84. The molecule has 1 N–H and O–H groups in total. The van der Waals surface area contributed by atoms with Gasteiger partial charge >= 0.3 is 0 Å². The van der Waals surface area contributed by atoms with E-state index in [1.54, 1.807) is 16.2 Å². The summed E-state index contributed by atoms with van der Waals surface area (Å²) in [5.74, 6) is 0.203. The van der Waals surface area contributed by atoms with E-state index in [-0.39, 0.29) is 18.4 Å². The number of rotatable bonds is 8. The minimum absolute atomic E-state index is 0.0150. The number of hydrogen-bond donors (Lipinski definition) is 1. The lowest BCUT2D eigenvalue weighted by atomic mass is 10.2. The first-order valence-corrected chi connectivity index (χ1v) is 10.1. The number of thioether (sulfide) groups is 1. The molecule has 0 fully saturated rings. The van der Waals surface area contributed by atoms with Gasteiger partial charge in [-0.3, -0.25) is 9.59 Å². The fourth-order valence-electron chi connectivity index (χ4n) is 2.40. The molecule has 0 aliphatic heterocycles. The first-order chi connectivity index (χ1) is 12.0. The Hall–Kier alpha value is -1.79. The monoisotopic (exact) mass is 376 g/mol. The number of thiophene rings is 1. The molecule has 0 aliphatic carbocycles. The van der Waals surface area contributed by atoms with Crippen molar-refractivity contribution in [2.24, 2.45) is 0 Å². The molecule has 0 saturated carbocycles. The molecule has 1 heterocycles. The summed E-state index contributed by atoms with van der Waals surface area (Å²) in [6.45, 7) is 7.15. The van der Waals surface area contributed by atoms with Crippen molar-refractivity contribution in [3.63, 3.8) is 0 Å². The Bertz CT molecular complexity index is 714. The van der Waals surface area contributed by atoms with Gasteiger partial charge in [0.2, 0.25) is 11.8 Å². The van der Waals surface area contributed by atoms with Gasteiger partial charge in [-0.2, -0.15) is 0 Å². The molecule has 0 aliphatic rings. The summed E-state index contributed by atoms with van der Waals surface area (Å²) < 4.78 is 0. The Kier molecular flexibility index (Phi) is 7.52. The minimum atomic E-state index is -0.125. The van der Waals surface area contributed by atoms with E-state index >= 15 is 0 Å². The van der Waals surface area contributed by atoms with E-state index in [4.69, 9.17) is 0 Å². The van der Waals surface area contributed by atoms with Gasteiger partial charge in [0.15, 0.2) is 0 Å². The van der Waals surface area contributed by atoms with Crippen molar-refractivity contribution in [3.8, 4) is 0 Å². The third-order valence-corrected chi connectivity index (χ3v) is 5.83. The van der Waals surface area contributed by atoms with E-state index in [1.807, 2.05) is 30.5 Å². The van der Waals surface area contributed by atoms with E-state index in [2.05, 4.69) is 31.3 Å². The summed E-state index contributed by atoms with van der Waals surface area (Å²) in [4.78, 5) is 28.3. The van der Waals surface area contributed by atoms with Gasteiger partial charge in [0, 0.05) is 16.3 Å². The largest absolute Gasteiger partial charge is 0.350 e. The molecule has 6 heteroatoms. The van der Waals surface area contributed by atoms with Crippen molar-refractivity contribution in [2.75, 3.05) is 18.8 Å². The smallest absolute Gasteiger partial charge is 0.239 e. The Morgan fingerprint density at radius 3 is 2.68 bits per heavy atom. The van der Waals surface area contributed by atoms with E-state index in [9.17, 15) is 9.59 Å². The molecule has 0 radical (unpaired) electrons. The highest BCUT2D eigenvalue weighted by Crippen LogP contribution is 2.23. The number of aryl methyl sites for hydroxylation is 2. The van der Waals surface area contributed by atoms with E-state index < -0.39 is 0 Å². The topological polar surface area (TPSA) is 49.4 Å². The molecule has 0 bridgehead atoms. The van der Waals surface area contributed by atoms with E-state index in [1.165, 1.54) is 22.9 Å². The predicted molar refractivity (Wildman–Crippen MR) is 105 cm³/mol. The third kappa shape index (κ3) is 6.21. The maximum absolute atomic E-state index is 12.4. The van der Waals surface area contributed by atoms with Crippen molar-refractivity contribution in [3.05, 3.63) is 51.7 Å². The van der Waals surface area contributed by atoms with Crippen LogP contribution in [-0.2, 0) is 16.1 Å². The normalized spacial score (nSPS) is 10.5. The van der Waals surface area contributed by atoms with E-state index in [0.29, 0.717) is 18.8 Å². The molecular formula is C19H24N2O2S2. The molecule has 4 nitrogen and oxygen atoms in total. The molecule has 0 unspecified atom stereocenters. The zero-order valence-corrected chi connectivity index (χ0v) is 16.5. The van der Waals surface area contributed by atoms with Crippen molar-refractivity contribution in [1.82, 2.24) is 10.2 Å². The molecule has 0 atom stereocenters. The molecule has 2 aromatic rings. The molecule has 2 rings (SSSR count). The highest BCUT2D eigenvalue weighted by atomic mass is 32.2. The second-order valence-corrected chi connectivity index (χ2v) is 7.87. The van der Waals surface area contributed by atoms with Crippen LogP contribution >= 0.6 is 23.1 Å². The van der Waals surface area contributed by atoms with Crippen molar-refractivity contribution in [1.29, 1.82) is 0 Å². The second-order valence-electron chi connectivity index (χ2n) is 5.82. The lowest BCUT2D eigenvalue weighted by molar-refractivity contribution is -0.133. The lowest BCUT2D eigenvalue weighted by Gasteiger charge is -2.20. The molecular weight excluding hydrogens is 352 g/mol. The van der Waals surface area contributed by atoms with Crippen molar-refractivity contribution >= 4 is 34.9 Å². The Morgan fingerprint density at radius 2 is 2.04 bits per heavy atom. The summed E-state index contributed by atoms with van der Waals surface area (Å²) >= 11 is 3.13. The standard InChI is InChI=1S/C19H24N2O2S2/c1-4-21(12-18(22)20-11-16-6-5-9-24-16)19(23)13-25-17-8-7-14(2)10-15(17)3/h5-10H,4,11-13H2,1-3H3,(H,20,22). The van der Waals surface area contributed by atoms with Crippen LogP contribution in [0.15, 0.2) is 40.6 Å². The molecule has 1 aromatic heterocycles. The summed E-state index contributed by atoms with van der Waals surface area (Å²) in [6.07, 6.45) is 0. The predicted octanol–water partition coefficient (Wildman–Crippen LogP) is 3.62. The fraction of sp³-hybridized carbons (Fsp3) is 0.368. The summed E-state index contributed by atoms with van der Waals surface area (Å²) in [6, 6.07) is 10.1. The van der Waals surface area contributed by atoms with Gasteiger partial charge in [-0.25, -0.2) is 0 Å². The van der Waals surface area contributed by atoms with Crippen LogP contribution in [0.25, 0.3) is 0 Å². The average molecular weight is 377 g/mol. The summed E-state index contributed by atoms with van der Waals surface area (Å²) in [5.41, 5.74) is 2.39. The number of carbonyl (C=O) groups excluding carboxylic acids is 2. The van der Waals surface area contributed by atoms with Gasteiger partial charge < -0.3 is 10.2 Å². The Labute approximate surface area is 157 Å². The van der Waals surface area contributed by atoms with Crippen LogP contribution in [0.2, 0.25) is 0 Å². The van der Waals surface area contributed by atoms with Gasteiger partial charge in [0.25, 0.3) is 0 Å². The molecule has 0 saturated heterocycles. The zero-order valence-electron chi connectivity index (χ0n) is 14.9. The third-order valence-electron chi connectivity index (χ3n) is 3.79. The quantitative estimate of drug-likeness (QED) is 0.716. The van der Waals surface area contributed by atoms with Gasteiger partial charge in [-0.05, 0) is 43.8 Å². The number of benzene rings is 1. The number of nitrogens with one attached hydrogen (secondary N) is 1. The highest BCUT2D eigenvalue weighted by molar-refractivity contribution is 8.00. The van der Waals surface area contributed by atoms with Crippen molar-refractivity contribution < 1.29 is 9.59 Å². The lowest BCUT2D eigenvalue weighted by Crippen LogP contribution is -2.41. The zero-order chi connectivity index (χ0) is 18.2. The van der Waals surface area contributed by atoms with Gasteiger partial charge in [0.05, 0.1) is 18.8 Å². The van der Waals surface area contributed by atoms with Gasteiger partial charge in [-0.1, -0.05) is 23.8 Å². The van der Waals surface area contributed by atoms with Crippen LogP contribution in [0.3, 0.4) is 0 Å². The maximum atomic E-state index is 12.4. The van der Waals surface area contributed by atoms with Crippen LogP contribution in [0.4, 0.5) is 0 Å². The first kappa shape index (κ1) is 19.5. The van der Waals surface area contributed by atoms with E-state index in [0.717, 1.165) is 9.77 Å². The van der Waals surface area contributed by atoms with Crippen LogP contribution in [0.1, 0.15) is 22.9 Å². The van der Waals surface area contributed by atoms with Gasteiger partial charge in [0.1, 0.15) is 0 Å². The van der Waals surface area contributed by atoms with Crippen LogP contribution in [0, 0.1) is 13.8 Å². The average Bonchev–Trinajstić information content (AvgIpc) is 3.10. The van der Waals surface area contributed by atoms with Gasteiger partial charge in [-0.15, -0.1) is 23.1 Å². The summed E-state index contributed by atoms with van der Waals surface area (Å²) in [7, 11) is 0. The number of amides is 2. The first-order valence-electron chi connectivity index (χ1n) is 8.26. The molecule has 25 heavy (non-hydrogen) atoms. The number of hydrogen-bond acceptors (Lipinski definition) is 4. The van der Waals surface area contributed by atoms with Crippen LogP contribution in [0.5, 0.6) is 0 Å². The second kappa shape index (κ2) is 9.63. The van der Waals surface area contributed by atoms with Crippen LogP contribution in [-0.4, -0.2) is 35.6 Å². The highest BCUT2D eigenvalue weighted by Gasteiger charge is 2.16. The SMILES string of the molecule is CCN(CC(=O)NCc1cccs1)C(=O)CSc1ccc(C)cc1C. The Balaban J connectivity index is 1.82. The molecule has 2 amide bonds. The van der Waals surface area contributed by atoms with Crippen LogP contribution < -0.4 is 5.32 Å².